The maximum absolute atomic E-state index is 5.58. The van der Waals surface area contributed by atoms with E-state index in [0.29, 0.717) is 6.04 Å². The van der Waals surface area contributed by atoms with Crippen molar-refractivity contribution in [3.8, 4) is 0 Å². The molecule has 0 aromatic carbocycles. The number of hydrogen-bond acceptors (Lipinski definition) is 4. The number of nitrogens with zero attached hydrogens (tertiary/aromatic N) is 2. The zero-order valence-electron chi connectivity index (χ0n) is 11.3. The molecule has 2 heterocycles. The molecule has 0 saturated carbocycles. The minimum atomic E-state index is 0.316. The Bertz CT molecular complexity index is 367. The van der Waals surface area contributed by atoms with Gasteiger partial charge < -0.3 is 9.32 Å². The van der Waals surface area contributed by atoms with Gasteiger partial charge in [0.05, 0.1) is 0 Å². The number of furan rings is 1. The minimum absolute atomic E-state index is 0.316. The summed E-state index contributed by atoms with van der Waals surface area (Å²) in [5, 5.41) is 2.31. The first kappa shape index (κ1) is 12.6. The molecule has 1 unspecified atom stereocenters. The van der Waals surface area contributed by atoms with Gasteiger partial charge in [0, 0.05) is 37.8 Å². The lowest BCUT2D eigenvalue weighted by Crippen LogP contribution is -2.51. The van der Waals surface area contributed by atoms with Gasteiger partial charge in [0.15, 0.2) is 0 Å². The third kappa shape index (κ3) is 3.09. The normalized spacial score (nSPS) is 20.7. The van der Waals surface area contributed by atoms with Crippen molar-refractivity contribution < 1.29 is 4.42 Å². The largest absolute Gasteiger partial charge is 0.466 e. The molecule has 96 valence electrons. The second-order valence-corrected chi connectivity index (χ2v) is 5.01. The summed E-state index contributed by atoms with van der Waals surface area (Å²) in [4.78, 5) is 2.36. The fraction of sp³-hybridized carbons (Fsp3) is 0.692. The minimum Gasteiger partial charge on any atom is -0.466 e. The maximum Gasteiger partial charge on any atom is 0.105 e. The van der Waals surface area contributed by atoms with Crippen molar-refractivity contribution in [2.45, 2.75) is 26.8 Å². The molecule has 0 bridgehead atoms. The summed E-state index contributed by atoms with van der Waals surface area (Å²) in [5.74, 6) is 2.01. The standard InChI is InChI=1S/C13H23N3O/c1-10-9-13(12(3)17-10)11(2)14-16-7-5-15(4)6-8-16/h9,11,14H,5-8H2,1-4H3. The lowest BCUT2D eigenvalue weighted by Gasteiger charge is -2.34. The molecule has 2 rings (SSSR count). The number of rotatable bonds is 3. The highest BCUT2D eigenvalue weighted by Crippen LogP contribution is 2.21. The van der Waals surface area contributed by atoms with E-state index in [1.54, 1.807) is 0 Å². The van der Waals surface area contributed by atoms with Crippen LogP contribution in [-0.2, 0) is 0 Å². The van der Waals surface area contributed by atoms with E-state index >= 15 is 0 Å². The first-order valence-electron chi connectivity index (χ1n) is 6.33. The average molecular weight is 237 g/mol. The zero-order chi connectivity index (χ0) is 12.4. The van der Waals surface area contributed by atoms with E-state index < -0.39 is 0 Å². The summed E-state index contributed by atoms with van der Waals surface area (Å²) in [6, 6.07) is 2.44. The molecule has 1 aliphatic heterocycles. The van der Waals surface area contributed by atoms with Crippen LogP contribution >= 0.6 is 0 Å². The Balaban J connectivity index is 1.93. The van der Waals surface area contributed by atoms with Gasteiger partial charge in [0.25, 0.3) is 0 Å². The summed E-state index contributed by atoms with van der Waals surface area (Å²) >= 11 is 0. The molecule has 1 fully saturated rings. The third-order valence-corrected chi connectivity index (χ3v) is 3.43. The molecule has 0 amide bonds. The molecular formula is C13H23N3O. The van der Waals surface area contributed by atoms with Crippen LogP contribution in [0.5, 0.6) is 0 Å². The summed E-state index contributed by atoms with van der Waals surface area (Å²) in [5.41, 5.74) is 4.82. The van der Waals surface area contributed by atoms with Gasteiger partial charge in [-0.2, -0.15) is 0 Å². The van der Waals surface area contributed by atoms with Gasteiger partial charge in [-0.25, -0.2) is 10.4 Å². The smallest absolute Gasteiger partial charge is 0.105 e. The Labute approximate surface area is 104 Å². The third-order valence-electron chi connectivity index (χ3n) is 3.43. The van der Waals surface area contributed by atoms with Crippen molar-refractivity contribution in [2.75, 3.05) is 33.2 Å². The molecule has 1 aromatic rings. The van der Waals surface area contributed by atoms with Gasteiger partial charge in [-0.15, -0.1) is 0 Å². The van der Waals surface area contributed by atoms with Crippen molar-refractivity contribution in [3.63, 3.8) is 0 Å². The number of hydrogen-bond donors (Lipinski definition) is 1. The Hall–Kier alpha value is -0.840. The summed E-state index contributed by atoms with van der Waals surface area (Å²) in [7, 11) is 2.17. The number of nitrogens with one attached hydrogen (secondary N) is 1. The number of hydrazine groups is 1. The number of piperazine rings is 1. The number of likely N-dealkylation sites (N-methyl/N-ethyl adjacent to an activating group) is 1. The fourth-order valence-electron chi connectivity index (χ4n) is 2.36. The maximum atomic E-state index is 5.58. The van der Waals surface area contributed by atoms with E-state index in [-0.39, 0.29) is 0 Å². The lowest BCUT2D eigenvalue weighted by molar-refractivity contribution is 0.0896. The second kappa shape index (κ2) is 5.21. The van der Waals surface area contributed by atoms with E-state index in [4.69, 9.17) is 4.42 Å². The van der Waals surface area contributed by atoms with Crippen LogP contribution in [0.25, 0.3) is 0 Å². The van der Waals surface area contributed by atoms with Gasteiger partial charge in [-0.3, -0.25) is 0 Å². The van der Waals surface area contributed by atoms with E-state index in [9.17, 15) is 0 Å². The molecule has 4 nitrogen and oxygen atoms in total. The molecule has 1 aliphatic rings. The van der Waals surface area contributed by atoms with E-state index in [1.807, 2.05) is 13.8 Å². The Morgan fingerprint density at radius 3 is 2.41 bits per heavy atom. The van der Waals surface area contributed by atoms with Crippen LogP contribution in [0.1, 0.15) is 30.0 Å². The first-order chi connectivity index (χ1) is 8.06. The van der Waals surface area contributed by atoms with Crippen molar-refractivity contribution >= 4 is 0 Å². The van der Waals surface area contributed by atoms with E-state index in [1.165, 1.54) is 5.56 Å². The first-order valence-corrected chi connectivity index (χ1v) is 6.33. The van der Waals surface area contributed by atoms with Gasteiger partial charge in [-0.05, 0) is 33.9 Å². The second-order valence-electron chi connectivity index (χ2n) is 5.01. The Kier molecular flexibility index (Phi) is 3.86. The average Bonchev–Trinajstić information content (AvgIpc) is 2.61. The molecule has 17 heavy (non-hydrogen) atoms. The summed E-state index contributed by atoms with van der Waals surface area (Å²) < 4.78 is 5.58. The van der Waals surface area contributed by atoms with Crippen LogP contribution in [0.4, 0.5) is 0 Å². The molecule has 1 atom stereocenters. The summed E-state index contributed by atoms with van der Waals surface area (Å²) in [6.45, 7) is 10.6. The molecule has 1 aromatic heterocycles. The van der Waals surface area contributed by atoms with E-state index in [2.05, 4.69) is 35.4 Å². The van der Waals surface area contributed by atoms with Crippen LogP contribution in [0.3, 0.4) is 0 Å². The number of aryl methyl sites for hydroxylation is 2. The highest BCUT2D eigenvalue weighted by atomic mass is 16.3. The lowest BCUT2D eigenvalue weighted by atomic mass is 10.1. The molecule has 1 saturated heterocycles. The molecule has 1 N–H and O–H groups in total. The molecule has 4 heteroatoms. The quantitative estimate of drug-likeness (QED) is 0.867. The molecule has 0 radical (unpaired) electrons. The fourth-order valence-corrected chi connectivity index (χ4v) is 2.36. The van der Waals surface area contributed by atoms with Gasteiger partial charge in [0.2, 0.25) is 0 Å². The van der Waals surface area contributed by atoms with Gasteiger partial charge in [0.1, 0.15) is 11.5 Å². The molecule has 0 aliphatic carbocycles. The van der Waals surface area contributed by atoms with Crippen molar-refractivity contribution in [1.29, 1.82) is 0 Å². The van der Waals surface area contributed by atoms with Crippen molar-refractivity contribution in [2.24, 2.45) is 0 Å². The van der Waals surface area contributed by atoms with Crippen LogP contribution < -0.4 is 5.43 Å². The highest BCUT2D eigenvalue weighted by molar-refractivity contribution is 5.23. The Morgan fingerprint density at radius 1 is 1.24 bits per heavy atom. The van der Waals surface area contributed by atoms with Crippen molar-refractivity contribution in [3.05, 3.63) is 23.2 Å². The molecular weight excluding hydrogens is 214 g/mol. The van der Waals surface area contributed by atoms with Gasteiger partial charge >= 0.3 is 0 Å². The van der Waals surface area contributed by atoms with Crippen LogP contribution in [-0.4, -0.2) is 43.1 Å². The zero-order valence-corrected chi connectivity index (χ0v) is 11.3. The topological polar surface area (TPSA) is 31.6 Å². The Morgan fingerprint density at radius 2 is 1.88 bits per heavy atom. The predicted molar refractivity (Wildman–Crippen MR) is 68.8 cm³/mol. The van der Waals surface area contributed by atoms with E-state index in [0.717, 1.165) is 37.7 Å². The van der Waals surface area contributed by atoms with Crippen molar-refractivity contribution in [1.82, 2.24) is 15.3 Å². The SMILES string of the molecule is Cc1cc(C(C)NN2CCN(C)CC2)c(C)o1. The highest BCUT2D eigenvalue weighted by Gasteiger charge is 2.18. The van der Waals surface area contributed by atoms with Crippen LogP contribution in [0.15, 0.2) is 10.5 Å². The summed E-state index contributed by atoms with van der Waals surface area (Å²) in [6.07, 6.45) is 0. The van der Waals surface area contributed by atoms with Gasteiger partial charge in [-0.1, -0.05) is 0 Å². The van der Waals surface area contributed by atoms with Crippen LogP contribution in [0.2, 0.25) is 0 Å². The predicted octanol–water partition coefficient (Wildman–Crippen LogP) is 1.71. The molecule has 0 spiro atoms. The monoisotopic (exact) mass is 237 g/mol. The van der Waals surface area contributed by atoms with Crippen LogP contribution in [0, 0.1) is 13.8 Å².